The molecule has 0 amide bonds. The maximum Gasteiger partial charge on any atom is 0.118 e. The van der Waals surface area contributed by atoms with E-state index in [2.05, 4.69) is 78.9 Å². The smallest absolute Gasteiger partial charge is 0.118 e. The summed E-state index contributed by atoms with van der Waals surface area (Å²) in [6.07, 6.45) is 4.85. The van der Waals surface area contributed by atoms with E-state index >= 15 is 0 Å². The van der Waals surface area contributed by atoms with E-state index in [9.17, 15) is 0 Å². The Kier molecular flexibility index (Phi) is 4.37. The van der Waals surface area contributed by atoms with Crippen LogP contribution in [-0.2, 0) is 12.8 Å². The number of ether oxygens (including phenoxy) is 1. The monoisotopic (exact) mass is 364 g/mol. The molecule has 1 aliphatic rings. The highest BCUT2D eigenvalue weighted by molar-refractivity contribution is 6.08. The van der Waals surface area contributed by atoms with Gasteiger partial charge in [-0.1, -0.05) is 66.7 Å². The number of fused-ring (bicyclic) bond motifs is 2. The Labute approximate surface area is 166 Å². The van der Waals surface area contributed by atoms with Crippen LogP contribution in [0.2, 0.25) is 0 Å². The van der Waals surface area contributed by atoms with Crippen molar-refractivity contribution < 1.29 is 4.74 Å². The average Bonchev–Trinajstić information content (AvgIpc) is 2.78. The van der Waals surface area contributed by atoms with Crippen LogP contribution in [0.4, 0.5) is 0 Å². The molecule has 0 heterocycles. The quantitative estimate of drug-likeness (QED) is 0.378. The molecule has 0 radical (unpaired) electrons. The van der Waals surface area contributed by atoms with Gasteiger partial charge in [0.05, 0.1) is 7.11 Å². The molecule has 138 valence electrons. The van der Waals surface area contributed by atoms with Crippen molar-refractivity contribution in [2.24, 2.45) is 0 Å². The minimum Gasteiger partial charge on any atom is -0.497 e. The van der Waals surface area contributed by atoms with Gasteiger partial charge in [-0.05, 0) is 82.0 Å². The Balaban J connectivity index is 1.87. The van der Waals surface area contributed by atoms with Crippen molar-refractivity contribution in [1.82, 2.24) is 0 Å². The van der Waals surface area contributed by atoms with Gasteiger partial charge < -0.3 is 4.74 Å². The van der Waals surface area contributed by atoms with Gasteiger partial charge in [-0.25, -0.2) is 0 Å². The molecule has 0 bridgehead atoms. The summed E-state index contributed by atoms with van der Waals surface area (Å²) in [5.41, 5.74) is 8.54. The van der Waals surface area contributed by atoms with E-state index in [0.717, 1.165) is 18.6 Å². The Morgan fingerprint density at radius 3 is 1.61 bits per heavy atom. The molecule has 4 aromatic carbocycles. The van der Waals surface area contributed by atoms with Crippen LogP contribution in [0.5, 0.6) is 5.75 Å². The number of hydrogen-bond donors (Lipinski definition) is 0. The minimum atomic E-state index is 0.905. The lowest BCUT2D eigenvalue weighted by Crippen LogP contribution is -2.08. The summed E-state index contributed by atoms with van der Waals surface area (Å²) >= 11 is 0. The van der Waals surface area contributed by atoms with Crippen LogP contribution < -0.4 is 4.74 Å². The van der Waals surface area contributed by atoms with Crippen molar-refractivity contribution >= 4 is 10.8 Å². The van der Waals surface area contributed by atoms with Crippen molar-refractivity contribution in [2.75, 3.05) is 7.11 Å². The first-order valence-corrected chi connectivity index (χ1v) is 10.1. The molecule has 0 aliphatic heterocycles. The first kappa shape index (κ1) is 17.1. The molecule has 5 rings (SSSR count). The lowest BCUT2D eigenvalue weighted by molar-refractivity contribution is 0.415. The second-order valence-corrected chi connectivity index (χ2v) is 7.55. The van der Waals surface area contributed by atoms with E-state index in [0.29, 0.717) is 0 Å². The largest absolute Gasteiger partial charge is 0.497 e. The Morgan fingerprint density at radius 1 is 0.571 bits per heavy atom. The molecular weight excluding hydrogens is 340 g/mol. The predicted molar refractivity (Wildman–Crippen MR) is 118 cm³/mol. The Hall–Kier alpha value is -3.06. The first-order chi connectivity index (χ1) is 13.9. The maximum atomic E-state index is 5.38. The van der Waals surface area contributed by atoms with Crippen molar-refractivity contribution in [3.05, 3.63) is 90.0 Å². The predicted octanol–water partition coefficient (Wildman–Crippen LogP) is 7.06. The van der Waals surface area contributed by atoms with Crippen LogP contribution in [-0.4, -0.2) is 7.11 Å². The number of rotatable bonds is 3. The third-order valence-electron chi connectivity index (χ3n) is 5.98. The molecule has 0 atom stereocenters. The first-order valence-electron chi connectivity index (χ1n) is 10.1. The van der Waals surface area contributed by atoms with Gasteiger partial charge in [0.15, 0.2) is 0 Å². The molecule has 0 saturated carbocycles. The Morgan fingerprint density at radius 2 is 1.07 bits per heavy atom. The van der Waals surface area contributed by atoms with Crippen molar-refractivity contribution in [1.29, 1.82) is 0 Å². The average molecular weight is 364 g/mol. The second kappa shape index (κ2) is 7.16. The summed E-state index contributed by atoms with van der Waals surface area (Å²) in [6, 6.07) is 28.4. The molecule has 0 saturated heterocycles. The van der Waals surface area contributed by atoms with Crippen LogP contribution in [0.15, 0.2) is 78.9 Å². The molecule has 4 aromatic rings. The molecule has 0 spiro atoms. The number of hydrogen-bond acceptors (Lipinski definition) is 1. The van der Waals surface area contributed by atoms with Crippen molar-refractivity contribution in [2.45, 2.75) is 25.7 Å². The molecule has 1 heteroatoms. The fraction of sp³-hybridized carbons (Fsp3) is 0.185. The maximum absolute atomic E-state index is 5.38. The molecular formula is C27H24O. The molecule has 28 heavy (non-hydrogen) atoms. The normalized spacial score (nSPS) is 13.3. The van der Waals surface area contributed by atoms with Crippen LogP contribution >= 0.6 is 0 Å². The van der Waals surface area contributed by atoms with E-state index in [1.807, 2.05) is 0 Å². The van der Waals surface area contributed by atoms with Gasteiger partial charge in [0.1, 0.15) is 5.75 Å². The van der Waals surface area contributed by atoms with Crippen molar-refractivity contribution in [3.63, 3.8) is 0 Å². The molecule has 1 nitrogen and oxygen atoms in total. The van der Waals surface area contributed by atoms with Gasteiger partial charge in [0.2, 0.25) is 0 Å². The summed E-state index contributed by atoms with van der Waals surface area (Å²) in [5, 5.41) is 2.72. The van der Waals surface area contributed by atoms with E-state index in [4.69, 9.17) is 4.74 Å². The topological polar surface area (TPSA) is 9.23 Å². The standard InChI is InChI=1S/C27H24O/c1-28-21-17-15-20(16-18-21)27-24-13-7-5-11-22(24)26(19-9-3-2-4-10-19)23-12-6-8-14-25(23)27/h2-5,7,9-11,13,15-18H,6,8,12,14H2,1H3. The highest BCUT2D eigenvalue weighted by Crippen LogP contribution is 2.44. The van der Waals surface area contributed by atoms with Crippen LogP contribution in [0.25, 0.3) is 33.0 Å². The lowest BCUT2D eigenvalue weighted by Gasteiger charge is -2.26. The third-order valence-corrected chi connectivity index (χ3v) is 5.98. The third kappa shape index (κ3) is 2.79. The summed E-state index contributed by atoms with van der Waals surface area (Å²) < 4.78 is 5.38. The van der Waals surface area contributed by atoms with E-state index in [1.165, 1.54) is 51.4 Å². The number of methoxy groups -OCH3 is 1. The summed E-state index contributed by atoms with van der Waals surface area (Å²) in [4.78, 5) is 0. The van der Waals surface area contributed by atoms with Crippen LogP contribution in [0.1, 0.15) is 24.0 Å². The second-order valence-electron chi connectivity index (χ2n) is 7.55. The zero-order chi connectivity index (χ0) is 18.9. The van der Waals surface area contributed by atoms with Gasteiger partial charge >= 0.3 is 0 Å². The lowest BCUT2D eigenvalue weighted by atomic mass is 9.78. The van der Waals surface area contributed by atoms with Crippen LogP contribution in [0.3, 0.4) is 0 Å². The van der Waals surface area contributed by atoms with Gasteiger partial charge in [0, 0.05) is 0 Å². The summed E-state index contributed by atoms with van der Waals surface area (Å²) in [5.74, 6) is 0.905. The fourth-order valence-electron chi connectivity index (χ4n) is 4.72. The van der Waals surface area contributed by atoms with Gasteiger partial charge in [-0.15, -0.1) is 0 Å². The highest BCUT2D eigenvalue weighted by atomic mass is 16.5. The van der Waals surface area contributed by atoms with E-state index in [1.54, 1.807) is 12.7 Å². The van der Waals surface area contributed by atoms with Gasteiger partial charge in [-0.2, -0.15) is 0 Å². The molecule has 0 N–H and O–H groups in total. The molecule has 0 aromatic heterocycles. The SMILES string of the molecule is COc1ccc(-c2c3c(c(-c4ccccc4)c4ccccc24)CCCC3)cc1. The number of benzene rings is 4. The van der Waals surface area contributed by atoms with Crippen molar-refractivity contribution in [3.8, 4) is 28.0 Å². The van der Waals surface area contributed by atoms with E-state index in [-0.39, 0.29) is 0 Å². The zero-order valence-electron chi connectivity index (χ0n) is 16.2. The Bertz CT molecular complexity index is 1120. The summed E-state index contributed by atoms with van der Waals surface area (Å²) in [7, 11) is 1.72. The van der Waals surface area contributed by atoms with Crippen LogP contribution in [0, 0.1) is 0 Å². The molecule has 0 unspecified atom stereocenters. The highest BCUT2D eigenvalue weighted by Gasteiger charge is 2.23. The molecule has 1 aliphatic carbocycles. The van der Waals surface area contributed by atoms with Gasteiger partial charge in [-0.3, -0.25) is 0 Å². The van der Waals surface area contributed by atoms with E-state index < -0.39 is 0 Å². The van der Waals surface area contributed by atoms with Gasteiger partial charge in [0.25, 0.3) is 0 Å². The summed E-state index contributed by atoms with van der Waals surface area (Å²) in [6.45, 7) is 0. The fourth-order valence-corrected chi connectivity index (χ4v) is 4.72. The minimum absolute atomic E-state index is 0.905. The molecule has 0 fully saturated rings. The zero-order valence-corrected chi connectivity index (χ0v) is 16.2.